The van der Waals surface area contributed by atoms with E-state index in [0.29, 0.717) is 0 Å². The number of carbonyl (C=O) groups excluding carboxylic acids is 1. The first-order valence-electron chi connectivity index (χ1n) is 6.41. The summed E-state index contributed by atoms with van der Waals surface area (Å²) in [5.74, 6) is -0.723. The fourth-order valence-electron chi connectivity index (χ4n) is 1.93. The van der Waals surface area contributed by atoms with E-state index >= 15 is 0 Å². The Morgan fingerprint density at radius 2 is 1.83 bits per heavy atom. The van der Waals surface area contributed by atoms with Gasteiger partial charge < -0.3 is 10.1 Å². The van der Waals surface area contributed by atoms with Crippen LogP contribution in [0.5, 0.6) is 5.75 Å². The lowest BCUT2D eigenvalue weighted by Gasteiger charge is -2.10. The topological polar surface area (TPSA) is 125 Å². The summed E-state index contributed by atoms with van der Waals surface area (Å²) in [6, 6.07) is 7.20. The highest BCUT2D eigenvalue weighted by Crippen LogP contribution is 2.30. The number of carbonyl (C=O) groups is 1. The molecule has 0 radical (unpaired) electrons. The molecule has 2 rings (SSSR count). The van der Waals surface area contributed by atoms with E-state index in [2.05, 4.69) is 5.32 Å². The molecule has 24 heavy (non-hydrogen) atoms. The molecule has 0 saturated heterocycles. The highest BCUT2D eigenvalue weighted by Gasteiger charge is 2.22. The molecule has 0 aliphatic heterocycles. The maximum atomic E-state index is 12.3. The number of nitrogens with zero attached hydrogens (tertiary/aromatic N) is 2. The minimum atomic E-state index is -0.773. The molecule has 1 amide bonds. The fraction of sp³-hybridized carbons (Fsp3) is 0.0714. The SMILES string of the molecule is COc1cc([N+](=O)[O-])ccc1NC(=O)c1ccc(Cl)cc1[N+](=O)[O-]. The number of non-ortho nitro benzene ring substituents is 1. The normalized spacial score (nSPS) is 10.1. The van der Waals surface area contributed by atoms with E-state index in [0.717, 1.165) is 12.1 Å². The molecule has 0 aliphatic rings. The lowest BCUT2D eigenvalue weighted by Crippen LogP contribution is -2.14. The van der Waals surface area contributed by atoms with Gasteiger partial charge in [-0.3, -0.25) is 25.0 Å². The lowest BCUT2D eigenvalue weighted by atomic mass is 10.1. The molecule has 0 fully saturated rings. The number of rotatable bonds is 5. The predicted molar refractivity (Wildman–Crippen MR) is 85.7 cm³/mol. The highest BCUT2D eigenvalue weighted by atomic mass is 35.5. The van der Waals surface area contributed by atoms with Gasteiger partial charge in [0, 0.05) is 17.2 Å². The second-order valence-electron chi connectivity index (χ2n) is 4.51. The van der Waals surface area contributed by atoms with E-state index in [1.54, 1.807) is 0 Å². The zero-order valence-electron chi connectivity index (χ0n) is 12.2. The minimum Gasteiger partial charge on any atom is -0.494 e. The van der Waals surface area contributed by atoms with Gasteiger partial charge in [0.15, 0.2) is 0 Å². The number of nitrogens with one attached hydrogen (secondary N) is 1. The van der Waals surface area contributed by atoms with E-state index < -0.39 is 21.4 Å². The molecule has 0 spiro atoms. The van der Waals surface area contributed by atoms with Gasteiger partial charge in [0.25, 0.3) is 17.3 Å². The van der Waals surface area contributed by atoms with E-state index in [-0.39, 0.29) is 27.7 Å². The Hall–Kier alpha value is -3.20. The number of benzene rings is 2. The first-order valence-corrected chi connectivity index (χ1v) is 6.79. The number of hydrogen-bond acceptors (Lipinski definition) is 6. The third-order valence-corrected chi connectivity index (χ3v) is 3.28. The van der Waals surface area contributed by atoms with Crippen LogP contribution in [0.3, 0.4) is 0 Å². The molecule has 2 aromatic rings. The average molecular weight is 352 g/mol. The second kappa shape index (κ2) is 6.92. The first kappa shape index (κ1) is 17.2. The smallest absolute Gasteiger partial charge is 0.283 e. The number of hydrogen-bond donors (Lipinski definition) is 1. The van der Waals surface area contributed by atoms with Crippen LogP contribution in [0.2, 0.25) is 5.02 Å². The molecular formula is C14H10ClN3O6. The average Bonchev–Trinajstić information content (AvgIpc) is 2.54. The molecular weight excluding hydrogens is 342 g/mol. The molecule has 1 N–H and O–H groups in total. The van der Waals surface area contributed by atoms with Gasteiger partial charge in [-0.2, -0.15) is 0 Å². The molecule has 124 valence electrons. The van der Waals surface area contributed by atoms with Crippen LogP contribution in [0.1, 0.15) is 10.4 Å². The van der Waals surface area contributed by atoms with Crippen molar-refractivity contribution in [1.82, 2.24) is 0 Å². The third kappa shape index (κ3) is 3.58. The number of anilines is 1. The van der Waals surface area contributed by atoms with Gasteiger partial charge in [-0.15, -0.1) is 0 Å². The van der Waals surface area contributed by atoms with Crippen molar-refractivity contribution in [3.8, 4) is 5.75 Å². The van der Waals surface area contributed by atoms with Crippen molar-refractivity contribution in [2.45, 2.75) is 0 Å². The molecule has 0 bridgehead atoms. The van der Waals surface area contributed by atoms with Crippen molar-refractivity contribution in [2.75, 3.05) is 12.4 Å². The van der Waals surface area contributed by atoms with Gasteiger partial charge in [0.2, 0.25) is 0 Å². The maximum Gasteiger partial charge on any atom is 0.283 e. The minimum absolute atomic E-state index is 0.0502. The quantitative estimate of drug-likeness (QED) is 0.650. The Balaban J connectivity index is 2.37. The fourth-order valence-corrected chi connectivity index (χ4v) is 2.10. The van der Waals surface area contributed by atoms with Crippen molar-refractivity contribution in [3.63, 3.8) is 0 Å². The Morgan fingerprint density at radius 1 is 1.12 bits per heavy atom. The molecule has 2 aromatic carbocycles. The van der Waals surface area contributed by atoms with Gasteiger partial charge in [-0.05, 0) is 18.2 Å². The number of amides is 1. The molecule has 10 heteroatoms. The van der Waals surface area contributed by atoms with Crippen LogP contribution in [0.15, 0.2) is 36.4 Å². The Labute approximate surface area is 140 Å². The van der Waals surface area contributed by atoms with Gasteiger partial charge in [0.05, 0.1) is 28.7 Å². The van der Waals surface area contributed by atoms with Crippen LogP contribution in [0.4, 0.5) is 17.1 Å². The van der Waals surface area contributed by atoms with Crippen LogP contribution in [0.25, 0.3) is 0 Å². The zero-order chi connectivity index (χ0) is 17.9. The van der Waals surface area contributed by atoms with Crippen LogP contribution in [-0.4, -0.2) is 22.9 Å². The van der Waals surface area contributed by atoms with Gasteiger partial charge in [-0.1, -0.05) is 11.6 Å². The summed E-state index contributed by atoms with van der Waals surface area (Å²) in [6.45, 7) is 0. The number of ether oxygens (including phenoxy) is 1. The number of nitro groups is 2. The second-order valence-corrected chi connectivity index (χ2v) is 4.95. The summed E-state index contributed by atoms with van der Waals surface area (Å²) >= 11 is 5.70. The standard InChI is InChI=1S/C14H10ClN3O6/c1-24-13-7-9(17(20)21)3-5-11(13)16-14(19)10-4-2-8(15)6-12(10)18(22)23/h2-7H,1H3,(H,16,19). The van der Waals surface area contributed by atoms with Crippen LogP contribution in [-0.2, 0) is 0 Å². The number of halogens is 1. The molecule has 0 aromatic heterocycles. The highest BCUT2D eigenvalue weighted by molar-refractivity contribution is 6.31. The van der Waals surface area contributed by atoms with Crippen LogP contribution >= 0.6 is 11.6 Å². The lowest BCUT2D eigenvalue weighted by molar-refractivity contribution is -0.385. The van der Waals surface area contributed by atoms with Crippen molar-refractivity contribution in [3.05, 3.63) is 67.2 Å². The molecule has 0 atom stereocenters. The summed E-state index contributed by atoms with van der Waals surface area (Å²) in [7, 11) is 1.28. The Bertz CT molecular complexity index is 839. The predicted octanol–water partition coefficient (Wildman–Crippen LogP) is 3.42. The monoisotopic (exact) mass is 351 g/mol. The first-order chi connectivity index (χ1) is 11.3. The summed E-state index contributed by atoms with van der Waals surface area (Å²) in [5.41, 5.74) is -0.745. The molecule has 0 heterocycles. The van der Waals surface area contributed by atoms with Gasteiger partial charge >= 0.3 is 0 Å². The summed E-state index contributed by atoms with van der Waals surface area (Å²) in [6.07, 6.45) is 0. The van der Waals surface area contributed by atoms with E-state index in [4.69, 9.17) is 16.3 Å². The number of methoxy groups -OCH3 is 1. The summed E-state index contributed by atoms with van der Waals surface area (Å²) in [5, 5.41) is 24.3. The Kier molecular flexibility index (Phi) is 4.95. The zero-order valence-corrected chi connectivity index (χ0v) is 12.9. The van der Waals surface area contributed by atoms with Gasteiger partial charge in [0.1, 0.15) is 11.3 Å². The van der Waals surface area contributed by atoms with E-state index in [1.807, 2.05) is 0 Å². The molecule has 0 unspecified atom stereocenters. The summed E-state index contributed by atoms with van der Waals surface area (Å²) in [4.78, 5) is 32.7. The molecule has 0 saturated carbocycles. The van der Waals surface area contributed by atoms with Crippen molar-refractivity contribution < 1.29 is 19.4 Å². The maximum absolute atomic E-state index is 12.3. The molecule has 9 nitrogen and oxygen atoms in total. The van der Waals surface area contributed by atoms with E-state index in [1.165, 1.54) is 31.4 Å². The van der Waals surface area contributed by atoms with Crippen molar-refractivity contribution in [1.29, 1.82) is 0 Å². The largest absolute Gasteiger partial charge is 0.494 e. The van der Waals surface area contributed by atoms with E-state index in [9.17, 15) is 25.0 Å². The van der Waals surface area contributed by atoms with Crippen LogP contribution in [0, 0.1) is 20.2 Å². The van der Waals surface area contributed by atoms with Crippen LogP contribution < -0.4 is 10.1 Å². The van der Waals surface area contributed by atoms with Gasteiger partial charge in [-0.25, -0.2) is 0 Å². The number of nitro benzene ring substituents is 2. The molecule has 0 aliphatic carbocycles. The van der Waals surface area contributed by atoms with Crippen molar-refractivity contribution in [2.24, 2.45) is 0 Å². The summed E-state index contributed by atoms with van der Waals surface area (Å²) < 4.78 is 5.00. The Morgan fingerprint density at radius 3 is 2.42 bits per heavy atom. The third-order valence-electron chi connectivity index (χ3n) is 3.05. The van der Waals surface area contributed by atoms with Crippen molar-refractivity contribution >= 4 is 34.6 Å².